The van der Waals surface area contributed by atoms with Crippen molar-refractivity contribution in [1.29, 1.82) is 0 Å². The molecule has 0 N–H and O–H groups in total. The summed E-state index contributed by atoms with van der Waals surface area (Å²) in [6, 6.07) is 3.99. The second-order valence-electron chi connectivity index (χ2n) is 4.15. The zero-order valence-electron chi connectivity index (χ0n) is 11.0. The summed E-state index contributed by atoms with van der Waals surface area (Å²) in [5.41, 5.74) is 3.12. The number of carbonyl (C=O) groups excluding carboxylic acids is 1. The van der Waals surface area contributed by atoms with Gasteiger partial charge in [0.15, 0.2) is 0 Å². The Labute approximate surface area is 103 Å². The molecule has 0 aliphatic rings. The Balaban J connectivity index is 2.88. The lowest BCUT2D eigenvalue weighted by atomic mass is 10.0. The van der Waals surface area contributed by atoms with Gasteiger partial charge in [0, 0.05) is 0 Å². The van der Waals surface area contributed by atoms with Crippen LogP contribution in [0.1, 0.15) is 30.0 Å². The van der Waals surface area contributed by atoms with Gasteiger partial charge in [0.05, 0.1) is 20.1 Å². The van der Waals surface area contributed by atoms with E-state index in [1.54, 1.807) is 0 Å². The first-order valence-electron chi connectivity index (χ1n) is 5.88. The maximum Gasteiger partial charge on any atom is 0.309 e. The van der Waals surface area contributed by atoms with E-state index in [9.17, 15) is 4.79 Å². The molecule has 0 saturated carbocycles. The highest BCUT2D eigenvalue weighted by Gasteiger charge is 2.09. The SMILES string of the molecule is CCCOc1cc(C)c(CC(=O)OC)cc1C. The van der Waals surface area contributed by atoms with Crippen LogP contribution in [-0.2, 0) is 16.0 Å². The number of rotatable bonds is 5. The molecule has 0 radical (unpaired) electrons. The van der Waals surface area contributed by atoms with Gasteiger partial charge in [-0.3, -0.25) is 4.79 Å². The first-order valence-corrected chi connectivity index (χ1v) is 5.88. The van der Waals surface area contributed by atoms with Gasteiger partial charge >= 0.3 is 5.97 Å². The number of hydrogen-bond donors (Lipinski definition) is 0. The normalized spacial score (nSPS) is 10.1. The summed E-state index contributed by atoms with van der Waals surface area (Å²) in [6.07, 6.45) is 1.31. The lowest BCUT2D eigenvalue weighted by Gasteiger charge is -2.12. The van der Waals surface area contributed by atoms with Gasteiger partial charge in [0.25, 0.3) is 0 Å². The number of carbonyl (C=O) groups is 1. The summed E-state index contributed by atoms with van der Waals surface area (Å²) in [4.78, 5) is 11.2. The molecule has 0 heterocycles. The third-order valence-electron chi connectivity index (χ3n) is 2.66. The van der Waals surface area contributed by atoms with Crippen LogP contribution in [-0.4, -0.2) is 19.7 Å². The van der Waals surface area contributed by atoms with Crippen LogP contribution in [0.15, 0.2) is 12.1 Å². The Morgan fingerprint density at radius 1 is 1.24 bits per heavy atom. The van der Waals surface area contributed by atoms with Gasteiger partial charge in [-0.1, -0.05) is 13.0 Å². The van der Waals surface area contributed by atoms with Crippen LogP contribution in [0.2, 0.25) is 0 Å². The summed E-state index contributed by atoms with van der Waals surface area (Å²) >= 11 is 0. The van der Waals surface area contributed by atoms with Crippen molar-refractivity contribution in [3.05, 3.63) is 28.8 Å². The Morgan fingerprint density at radius 2 is 1.94 bits per heavy atom. The third-order valence-corrected chi connectivity index (χ3v) is 2.66. The molecule has 1 aromatic carbocycles. The number of aryl methyl sites for hydroxylation is 2. The molecule has 3 nitrogen and oxygen atoms in total. The van der Waals surface area contributed by atoms with E-state index in [1.807, 2.05) is 26.0 Å². The van der Waals surface area contributed by atoms with Crippen LogP contribution in [0.4, 0.5) is 0 Å². The molecule has 17 heavy (non-hydrogen) atoms. The van der Waals surface area contributed by atoms with E-state index in [0.717, 1.165) is 35.5 Å². The monoisotopic (exact) mass is 236 g/mol. The maximum absolute atomic E-state index is 11.2. The minimum absolute atomic E-state index is 0.213. The van der Waals surface area contributed by atoms with Gasteiger partial charge in [0.1, 0.15) is 5.75 Å². The van der Waals surface area contributed by atoms with E-state index in [4.69, 9.17) is 4.74 Å². The van der Waals surface area contributed by atoms with Crippen molar-refractivity contribution in [3.63, 3.8) is 0 Å². The first-order chi connectivity index (χ1) is 8.08. The topological polar surface area (TPSA) is 35.5 Å². The molecule has 3 heteroatoms. The summed E-state index contributed by atoms with van der Waals surface area (Å²) in [7, 11) is 1.41. The fraction of sp³-hybridized carbons (Fsp3) is 0.500. The van der Waals surface area contributed by atoms with E-state index in [2.05, 4.69) is 11.7 Å². The smallest absolute Gasteiger partial charge is 0.309 e. The molecule has 0 aliphatic heterocycles. The summed E-state index contributed by atoms with van der Waals surface area (Å²) in [5.74, 6) is 0.688. The highest BCUT2D eigenvalue weighted by atomic mass is 16.5. The van der Waals surface area contributed by atoms with Gasteiger partial charge < -0.3 is 9.47 Å². The van der Waals surface area contributed by atoms with Crippen molar-refractivity contribution in [2.24, 2.45) is 0 Å². The fourth-order valence-corrected chi connectivity index (χ4v) is 1.64. The molecule has 94 valence electrons. The van der Waals surface area contributed by atoms with E-state index >= 15 is 0 Å². The van der Waals surface area contributed by atoms with Crippen molar-refractivity contribution in [2.75, 3.05) is 13.7 Å². The minimum atomic E-state index is -0.213. The second kappa shape index (κ2) is 6.28. The van der Waals surface area contributed by atoms with Crippen molar-refractivity contribution in [2.45, 2.75) is 33.6 Å². The number of ether oxygens (including phenoxy) is 2. The Morgan fingerprint density at radius 3 is 2.53 bits per heavy atom. The molecule has 1 aromatic rings. The molecule has 0 spiro atoms. The average Bonchev–Trinajstić information content (AvgIpc) is 2.31. The summed E-state index contributed by atoms with van der Waals surface area (Å²) < 4.78 is 10.3. The Bertz CT molecular complexity index is 397. The molecule has 0 saturated heterocycles. The van der Waals surface area contributed by atoms with Crippen molar-refractivity contribution < 1.29 is 14.3 Å². The lowest BCUT2D eigenvalue weighted by molar-refractivity contribution is -0.139. The Hall–Kier alpha value is -1.51. The van der Waals surface area contributed by atoms with Crippen molar-refractivity contribution >= 4 is 5.97 Å². The van der Waals surface area contributed by atoms with Crippen LogP contribution in [0.5, 0.6) is 5.75 Å². The Kier molecular flexibility index (Phi) is 5.01. The van der Waals surface area contributed by atoms with E-state index in [-0.39, 0.29) is 5.97 Å². The zero-order chi connectivity index (χ0) is 12.8. The van der Waals surface area contributed by atoms with E-state index < -0.39 is 0 Å². The van der Waals surface area contributed by atoms with Crippen molar-refractivity contribution in [1.82, 2.24) is 0 Å². The summed E-state index contributed by atoms with van der Waals surface area (Å²) in [5, 5.41) is 0. The van der Waals surface area contributed by atoms with Crippen LogP contribution in [0.25, 0.3) is 0 Å². The largest absolute Gasteiger partial charge is 0.493 e. The predicted octanol–water partition coefficient (Wildman–Crippen LogP) is 2.81. The number of methoxy groups -OCH3 is 1. The molecule has 0 atom stereocenters. The molecule has 0 fully saturated rings. The molecule has 0 bridgehead atoms. The average molecular weight is 236 g/mol. The highest BCUT2D eigenvalue weighted by molar-refractivity contribution is 5.73. The van der Waals surface area contributed by atoms with E-state index in [1.165, 1.54) is 7.11 Å². The quantitative estimate of drug-likeness (QED) is 0.737. The maximum atomic E-state index is 11.2. The van der Waals surface area contributed by atoms with Crippen LogP contribution >= 0.6 is 0 Å². The van der Waals surface area contributed by atoms with Crippen molar-refractivity contribution in [3.8, 4) is 5.75 Å². The standard InChI is InChI=1S/C14H20O3/c1-5-6-17-13-8-10(2)12(7-11(13)3)9-14(15)16-4/h7-8H,5-6,9H2,1-4H3. The number of benzene rings is 1. The lowest BCUT2D eigenvalue weighted by Crippen LogP contribution is -2.07. The molecular formula is C14H20O3. The number of esters is 1. The fourth-order valence-electron chi connectivity index (χ4n) is 1.64. The molecule has 1 rings (SSSR count). The zero-order valence-corrected chi connectivity index (χ0v) is 11.0. The molecule has 0 unspecified atom stereocenters. The second-order valence-corrected chi connectivity index (χ2v) is 4.15. The van der Waals surface area contributed by atoms with E-state index in [0.29, 0.717) is 6.42 Å². The van der Waals surface area contributed by atoms with Gasteiger partial charge in [-0.25, -0.2) is 0 Å². The first kappa shape index (κ1) is 13.6. The summed E-state index contributed by atoms with van der Waals surface area (Å²) in [6.45, 7) is 6.77. The highest BCUT2D eigenvalue weighted by Crippen LogP contribution is 2.23. The van der Waals surface area contributed by atoms with Gasteiger partial charge in [-0.15, -0.1) is 0 Å². The van der Waals surface area contributed by atoms with Gasteiger partial charge in [-0.2, -0.15) is 0 Å². The minimum Gasteiger partial charge on any atom is -0.493 e. The third kappa shape index (κ3) is 3.77. The molecule has 0 aliphatic carbocycles. The van der Waals surface area contributed by atoms with Crippen LogP contribution < -0.4 is 4.74 Å². The predicted molar refractivity (Wildman–Crippen MR) is 67.4 cm³/mol. The molecule has 0 amide bonds. The van der Waals surface area contributed by atoms with Gasteiger partial charge in [0.2, 0.25) is 0 Å². The molecule has 0 aromatic heterocycles. The van der Waals surface area contributed by atoms with Crippen LogP contribution in [0.3, 0.4) is 0 Å². The molecular weight excluding hydrogens is 216 g/mol. The van der Waals surface area contributed by atoms with Crippen LogP contribution in [0, 0.1) is 13.8 Å². The van der Waals surface area contributed by atoms with Gasteiger partial charge in [-0.05, 0) is 43.0 Å². The number of hydrogen-bond acceptors (Lipinski definition) is 3.